The maximum atomic E-state index is 12.9. The summed E-state index contributed by atoms with van der Waals surface area (Å²) in [6.45, 7) is 2.91. The predicted octanol–water partition coefficient (Wildman–Crippen LogP) is 4.97. The van der Waals surface area contributed by atoms with Crippen molar-refractivity contribution < 1.29 is 23.8 Å². The molecule has 0 aliphatic carbocycles. The second-order valence-electron chi connectivity index (χ2n) is 7.90. The lowest BCUT2D eigenvalue weighted by molar-refractivity contribution is -0.115. The van der Waals surface area contributed by atoms with Crippen molar-refractivity contribution >= 4 is 35.2 Å². The van der Waals surface area contributed by atoms with Gasteiger partial charge in [0.1, 0.15) is 13.2 Å². The van der Waals surface area contributed by atoms with Crippen LogP contribution in [0.15, 0.2) is 66.4 Å². The van der Waals surface area contributed by atoms with Crippen LogP contribution in [-0.2, 0) is 4.79 Å². The van der Waals surface area contributed by atoms with Gasteiger partial charge in [0.15, 0.2) is 23.0 Å². The number of fused-ring (bicyclic) bond motifs is 2. The van der Waals surface area contributed by atoms with Crippen molar-refractivity contribution in [3.8, 4) is 17.2 Å². The van der Waals surface area contributed by atoms with Crippen LogP contribution in [0.5, 0.6) is 17.2 Å². The highest BCUT2D eigenvalue weighted by atomic mass is 35.5. The van der Waals surface area contributed by atoms with Crippen molar-refractivity contribution in [3.05, 3.63) is 88.1 Å². The summed E-state index contributed by atoms with van der Waals surface area (Å²) in [5.74, 6) is 1.21. The lowest BCUT2D eigenvalue weighted by Gasteiger charge is -2.22. The van der Waals surface area contributed by atoms with Crippen molar-refractivity contribution in [1.82, 2.24) is 5.32 Å². The fraction of sp³-hybridized carbons (Fsp3) is 0.154. The summed E-state index contributed by atoms with van der Waals surface area (Å²) >= 11 is 6.18. The molecule has 5 rings (SSSR count). The molecule has 2 aliphatic rings. The second-order valence-corrected chi connectivity index (χ2v) is 8.30. The van der Waals surface area contributed by atoms with Gasteiger partial charge in [-0.25, -0.2) is 0 Å². The summed E-state index contributed by atoms with van der Waals surface area (Å²) in [5, 5.41) is 6.26. The van der Waals surface area contributed by atoms with E-state index in [0.29, 0.717) is 52.3 Å². The molecule has 0 aromatic heterocycles. The minimum atomic E-state index is -0.422. The van der Waals surface area contributed by atoms with Gasteiger partial charge in [0, 0.05) is 10.6 Å². The van der Waals surface area contributed by atoms with Crippen molar-refractivity contribution in [2.24, 2.45) is 0 Å². The van der Waals surface area contributed by atoms with E-state index in [1.54, 1.807) is 36.4 Å². The molecule has 8 heteroatoms. The molecule has 0 radical (unpaired) electrons. The van der Waals surface area contributed by atoms with Crippen LogP contribution in [0.25, 0.3) is 6.08 Å². The first-order valence-corrected chi connectivity index (χ1v) is 11.2. The normalized spacial score (nSPS) is 16.2. The van der Waals surface area contributed by atoms with Crippen molar-refractivity contribution in [2.75, 3.05) is 18.5 Å². The van der Waals surface area contributed by atoms with Crippen LogP contribution >= 0.6 is 11.6 Å². The molecule has 0 saturated heterocycles. The Kier molecular flexibility index (Phi) is 5.86. The molecule has 1 unspecified atom stereocenters. The number of hydrogen-bond donors (Lipinski definition) is 2. The molecule has 3 aromatic rings. The maximum absolute atomic E-state index is 12.9. The van der Waals surface area contributed by atoms with E-state index in [2.05, 4.69) is 10.6 Å². The summed E-state index contributed by atoms with van der Waals surface area (Å²) in [4.78, 5) is 25.4. The summed E-state index contributed by atoms with van der Waals surface area (Å²) in [6, 6.07) is 17.4. The summed E-state index contributed by atoms with van der Waals surface area (Å²) in [6.07, 6.45) is 1.58. The Bertz CT molecular complexity index is 1320. The minimum absolute atomic E-state index is 0.116. The van der Waals surface area contributed by atoms with Gasteiger partial charge < -0.3 is 24.8 Å². The zero-order valence-electron chi connectivity index (χ0n) is 18.3. The fourth-order valence-corrected chi connectivity index (χ4v) is 3.92. The fourth-order valence-electron chi connectivity index (χ4n) is 3.73. The lowest BCUT2D eigenvalue weighted by atomic mass is 10.1. The Morgan fingerprint density at radius 3 is 2.62 bits per heavy atom. The molecule has 2 amide bonds. The van der Waals surface area contributed by atoms with E-state index < -0.39 is 5.91 Å². The van der Waals surface area contributed by atoms with Gasteiger partial charge in [-0.05, 0) is 60.5 Å². The topological polar surface area (TPSA) is 85.9 Å². The molecule has 0 bridgehead atoms. The first-order chi connectivity index (χ1) is 16.5. The average molecular weight is 477 g/mol. The van der Waals surface area contributed by atoms with E-state index in [1.165, 1.54) is 0 Å². The van der Waals surface area contributed by atoms with Gasteiger partial charge in [-0.15, -0.1) is 0 Å². The number of hydrogen-bond acceptors (Lipinski definition) is 5. The highest BCUT2D eigenvalue weighted by Crippen LogP contribution is 2.34. The molecule has 0 saturated carbocycles. The molecule has 172 valence electrons. The van der Waals surface area contributed by atoms with E-state index >= 15 is 0 Å². The van der Waals surface area contributed by atoms with Crippen molar-refractivity contribution in [1.29, 1.82) is 0 Å². The summed E-state index contributed by atoms with van der Waals surface area (Å²) in [7, 11) is 0. The van der Waals surface area contributed by atoms with Crippen LogP contribution in [0.4, 0.5) is 5.69 Å². The number of benzene rings is 3. The van der Waals surface area contributed by atoms with Crippen LogP contribution < -0.4 is 24.8 Å². The molecule has 1 atom stereocenters. The van der Waals surface area contributed by atoms with Gasteiger partial charge in [-0.1, -0.05) is 35.9 Å². The Morgan fingerprint density at radius 1 is 1.03 bits per heavy atom. The first kappa shape index (κ1) is 21.9. The minimum Gasteiger partial charge on any atom is -0.486 e. The average Bonchev–Trinajstić information content (AvgIpc) is 2.85. The summed E-state index contributed by atoms with van der Waals surface area (Å²) < 4.78 is 16.9. The van der Waals surface area contributed by atoms with Crippen molar-refractivity contribution in [3.63, 3.8) is 0 Å². The third-order valence-corrected chi connectivity index (χ3v) is 5.88. The standard InChI is InChI=1S/C26H21ClN2O5/c1-15(16-6-9-22-23(13-16)33-11-10-32-22)28-25(30)18-7-8-21-20(12-18)29-26(31)24(34-21)14-17-4-2-3-5-19(17)27/h2-9,12-15H,10-11H2,1H3,(H,28,30)(H,29,31)/b24-14-. The van der Waals surface area contributed by atoms with Crippen molar-refractivity contribution in [2.45, 2.75) is 13.0 Å². The molecule has 2 N–H and O–H groups in total. The monoisotopic (exact) mass is 476 g/mol. The number of ether oxygens (including phenoxy) is 3. The van der Waals surface area contributed by atoms with Crippen LogP contribution in [0.2, 0.25) is 5.02 Å². The van der Waals surface area contributed by atoms with E-state index in [-0.39, 0.29) is 17.7 Å². The number of amides is 2. The molecule has 0 fully saturated rings. The number of anilines is 1. The van der Waals surface area contributed by atoms with Gasteiger partial charge in [0.05, 0.1) is 11.7 Å². The molecule has 7 nitrogen and oxygen atoms in total. The molecule has 0 spiro atoms. The SMILES string of the molecule is CC(NC(=O)c1ccc2c(c1)NC(=O)/C(=C/c1ccccc1Cl)O2)c1ccc2c(c1)OCCO2. The van der Waals surface area contributed by atoms with Gasteiger partial charge in [0.25, 0.3) is 11.8 Å². The number of carbonyl (C=O) groups is 2. The van der Waals surface area contributed by atoms with E-state index in [1.807, 2.05) is 37.3 Å². The number of halogens is 1. The van der Waals surface area contributed by atoms with Crippen LogP contribution in [0.3, 0.4) is 0 Å². The predicted molar refractivity (Wildman–Crippen MR) is 128 cm³/mol. The van der Waals surface area contributed by atoms with Crippen LogP contribution in [0.1, 0.15) is 34.5 Å². The smallest absolute Gasteiger partial charge is 0.291 e. The zero-order valence-corrected chi connectivity index (χ0v) is 19.0. The second kappa shape index (κ2) is 9.11. The summed E-state index contributed by atoms with van der Waals surface area (Å²) in [5.41, 5.74) is 2.37. The lowest BCUT2D eigenvalue weighted by Crippen LogP contribution is -2.28. The van der Waals surface area contributed by atoms with Gasteiger partial charge in [0.2, 0.25) is 0 Å². The van der Waals surface area contributed by atoms with E-state index in [9.17, 15) is 9.59 Å². The van der Waals surface area contributed by atoms with Gasteiger partial charge in [-0.3, -0.25) is 9.59 Å². The Balaban J connectivity index is 1.31. The quantitative estimate of drug-likeness (QED) is 0.519. The van der Waals surface area contributed by atoms with Gasteiger partial charge in [-0.2, -0.15) is 0 Å². The zero-order chi connectivity index (χ0) is 23.7. The van der Waals surface area contributed by atoms with E-state index in [4.69, 9.17) is 25.8 Å². The Morgan fingerprint density at radius 2 is 1.79 bits per heavy atom. The molecular weight excluding hydrogens is 456 g/mol. The third kappa shape index (κ3) is 4.43. The highest BCUT2D eigenvalue weighted by Gasteiger charge is 2.24. The molecule has 2 heterocycles. The number of carbonyl (C=O) groups excluding carboxylic acids is 2. The molecule has 2 aliphatic heterocycles. The molecule has 34 heavy (non-hydrogen) atoms. The number of rotatable bonds is 4. The molecular formula is C26H21ClN2O5. The largest absolute Gasteiger partial charge is 0.486 e. The van der Waals surface area contributed by atoms with Crippen LogP contribution in [-0.4, -0.2) is 25.0 Å². The first-order valence-electron chi connectivity index (χ1n) is 10.8. The van der Waals surface area contributed by atoms with Gasteiger partial charge >= 0.3 is 0 Å². The third-order valence-electron chi connectivity index (χ3n) is 5.54. The molecule has 3 aromatic carbocycles. The number of nitrogens with one attached hydrogen (secondary N) is 2. The van der Waals surface area contributed by atoms with Crippen LogP contribution in [0, 0.1) is 0 Å². The Hall–Kier alpha value is -3.97. The van der Waals surface area contributed by atoms with E-state index in [0.717, 1.165) is 5.56 Å². The Labute approximate surface area is 201 Å². The maximum Gasteiger partial charge on any atom is 0.291 e. The highest BCUT2D eigenvalue weighted by molar-refractivity contribution is 6.32.